The van der Waals surface area contributed by atoms with E-state index in [9.17, 15) is 4.39 Å². The normalized spacial score (nSPS) is 11.0. The molecule has 2 N–H and O–H groups in total. The molecule has 0 atom stereocenters. The van der Waals surface area contributed by atoms with Gasteiger partial charge in [-0.2, -0.15) is 0 Å². The highest BCUT2D eigenvalue weighted by Crippen LogP contribution is 2.19. The van der Waals surface area contributed by atoms with Crippen LogP contribution in [0.1, 0.15) is 16.8 Å². The van der Waals surface area contributed by atoms with Gasteiger partial charge in [-0.15, -0.1) is 24.0 Å². The quantitative estimate of drug-likeness (QED) is 0.286. The molecule has 0 radical (unpaired) electrons. The summed E-state index contributed by atoms with van der Waals surface area (Å²) in [6.45, 7) is 2.96. The van der Waals surface area contributed by atoms with Crippen molar-refractivity contribution in [2.24, 2.45) is 4.99 Å². The van der Waals surface area contributed by atoms with Gasteiger partial charge >= 0.3 is 0 Å². The largest absolute Gasteiger partial charge is 0.444 e. The first-order valence-corrected chi connectivity index (χ1v) is 9.38. The van der Waals surface area contributed by atoms with Crippen molar-refractivity contribution in [2.45, 2.75) is 20.0 Å². The molecule has 0 unspecified atom stereocenters. The Hall–Kier alpha value is -2.62. The SMILES string of the molecule is CN=C(NCc1ccc(N(C)C)c(F)c1)NCc1coc(-c2ccc(C)cc2)n1.I. The summed E-state index contributed by atoms with van der Waals surface area (Å²) in [6.07, 6.45) is 1.63. The predicted octanol–water partition coefficient (Wildman–Crippen LogP) is 4.34. The lowest BCUT2D eigenvalue weighted by Gasteiger charge is -2.15. The highest BCUT2D eigenvalue weighted by molar-refractivity contribution is 14.0. The van der Waals surface area contributed by atoms with Crippen molar-refractivity contribution in [2.75, 3.05) is 26.0 Å². The van der Waals surface area contributed by atoms with Gasteiger partial charge in [0.25, 0.3) is 0 Å². The number of benzene rings is 2. The second kappa shape index (κ2) is 11.0. The zero-order valence-electron chi connectivity index (χ0n) is 17.6. The maximum atomic E-state index is 14.1. The zero-order chi connectivity index (χ0) is 20.8. The molecule has 0 bridgehead atoms. The number of anilines is 1. The Morgan fingerprint density at radius 3 is 2.43 bits per heavy atom. The summed E-state index contributed by atoms with van der Waals surface area (Å²) in [5, 5.41) is 6.37. The van der Waals surface area contributed by atoms with Gasteiger partial charge in [0, 0.05) is 33.3 Å². The van der Waals surface area contributed by atoms with Crippen LogP contribution in [0.2, 0.25) is 0 Å². The number of aryl methyl sites for hydroxylation is 1. The van der Waals surface area contributed by atoms with Gasteiger partial charge in [0.1, 0.15) is 12.1 Å². The summed E-state index contributed by atoms with van der Waals surface area (Å²) in [7, 11) is 5.32. The first-order chi connectivity index (χ1) is 14.0. The van der Waals surface area contributed by atoms with Crippen molar-refractivity contribution >= 4 is 35.6 Å². The number of rotatable bonds is 6. The Labute approximate surface area is 193 Å². The molecule has 6 nitrogen and oxygen atoms in total. The second-order valence-corrected chi connectivity index (χ2v) is 6.97. The number of hydrogen-bond donors (Lipinski definition) is 2. The molecule has 0 saturated heterocycles. The van der Waals surface area contributed by atoms with Crippen LogP contribution < -0.4 is 15.5 Å². The van der Waals surface area contributed by atoms with Gasteiger partial charge in [0.15, 0.2) is 5.96 Å². The monoisotopic (exact) mass is 523 g/mol. The number of nitrogens with zero attached hydrogens (tertiary/aromatic N) is 3. The minimum absolute atomic E-state index is 0. The first-order valence-electron chi connectivity index (χ1n) is 9.38. The summed E-state index contributed by atoms with van der Waals surface area (Å²) >= 11 is 0. The van der Waals surface area contributed by atoms with Crippen LogP contribution in [-0.2, 0) is 13.1 Å². The van der Waals surface area contributed by atoms with E-state index in [0.29, 0.717) is 30.6 Å². The fourth-order valence-electron chi connectivity index (χ4n) is 2.82. The lowest BCUT2D eigenvalue weighted by atomic mass is 10.1. The van der Waals surface area contributed by atoms with E-state index in [2.05, 4.69) is 20.6 Å². The van der Waals surface area contributed by atoms with Crippen molar-refractivity contribution < 1.29 is 8.81 Å². The molecular formula is C22H27FIN5O. The predicted molar refractivity (Wildman–Crippen MR) is 130 cm³/mol. The van der Waals surface area contributed by atoms with E-state index in [-0.39, 0.29) is 29.8 Å². The van der Waals surface area contributed by atoms with Crippen molar-refractivity contribution in [3.8, 4) is 11.5 Å². The fourth-order valence-corrected chi connectivity index (χ4v) is 2.82. The van der Waals surface area contributed by atoms with Crippen molar-refractivity contribution in [1.29, 1.82) is 0 Å². The zero-order valence-corrected chi connectivity index (χ0v) is 19.9. The number of aliphatic imine (C=N–C) groups is 1. The van der Waals surface area contributed by atoms with E-state index in [4.69, 9.17) is 4.42 Å². The molecule has 0 saturated carbocycles. The third-order valence-electron chi connectivity index (χ3n) is 4.46. The smallest absolute Gasteiger partial charge is 0.226 e. The molecule has 1 heterocycles. The number of aromatic nitrogens is 1. The van der Waals surface area contributed by atoms with E-state index >= 15 is 0 Å². The molecule has 8 heteroatoms. The van der Waals surface area contributed by atoms with E-state index in [1.807, 2.05) is 51.4 Å². The molecule has 0 aliphatic rings. The topological polar surface area (TPSA) is 65.7 Å². The third-order valence-corrected chi connectivity index (χ3v) is 4.46. The van der Waals surface area contributed by atoms with Crippen LogP contribution in [0.4, 0.5) is 10.1 Å². The van der Waals surface area contributed by atoms with Gasteiger partial charge in [-0.3, -0.25) is 4.99 Å². The maximum Gasteiger partial charge on any atom is 0.226 e. The Kier molecular flexibility index (Phi) is 8.64. The lowest BCUT2D eigenvalue weighted by Crippen LogP contribution is -2.36. The summed E-state index contributed by atoms with van der Waals surface area (Å²) in [6, 6.07) is 13.2. The number of halogens is 2. The van der Waals surface area contributed by atoms with Crippen LogP contribution in [0.3, 0.4) is 0 Å². The molecule has 30 heavy (non-hydrogen) atoms. The van der Waals surface area contributed by atoms with Gasteiger partial charge < -0.3 is 20.0 Å². The van der Waals surface area contributed by atoms with E-state index in [0.717, 1.165) is 16.8 Å². The summed E-state index contributed by atoms with van der Waals surface area (Å²) in [5.74, 6) is 0.937. The van der Waals surface area contributed by atoms with Crippen molar-refractivity contribution in [3.05, 3.63) is 71.4 Å². The summed E-state index contributed by atoms with van der Waals surface area (Å²) in [5.41, 5.74) is 4.29. The summed E-state index contributed by atoms with van der Waals surface area (Å²) in [4.78, 5) is 10.4. The fraction of sp³-hybridized carbons (Fsp3) is 0.273. The minimum Gasteiger partial charge on any atom is -0.444 e. The van der Waals surface area contributed by atoms with Gasteiger partial charge in [0.05, 0.1) is 17.9 Å². The third kappa shape index (κ3) is 6.19. The average Bonchev–Trinajstić information content (AvgIpc) is 3.17. The van der Waals surface area contributed by atoms with E-state index in [1.54, 1.807) is 24.3 Å². The van der Waals surface area contributed by atoms with Crippen LogP contribution in [0, 0.1) is 12.7 Å². The highest BCUT2D eigenvalue weighted by Gasteiger charge is 2.08. The average molecular weight is 523 g/mol. The molecule has 0 amide bonds. The van der Waals surface area contributed by atoms with Gasteiger partial charge in [0.2, 0.25) is 5.89 Å². The molecule has 0 aliphatic heterocycles. The van der Waals surface area contributed by atoms with Crippen molar-refractivity contribution in [3.63, 3.8) is 0 Å². The minimum atomic E-state index is -0.247. The van der Waals surface area contributed by atoms with Crippen LogP contribution in [0.5, 0.6) is 0 Å². The molecule has 3 rings (SSSR count). The van der Waals surface area contributed by atoms with Crippen molar-refractivity contribution in [1.82, 2.24) is 15.6 Å². The maximum absolute atomic E-state index is 14.1. The standard InChI is InChI=1S/C22H26FN5O.HI/c1-15-5-8-17(9-6-15)21-27-18(14-29-21)13-26-22(24-2)25-12-16-7-10-20(28(3)4)19(23)11-16;/h5-11,14H,12-13H2,1-4H3,(H2,24,25,26);1H. The lowest BCUT2D eigenvalue weighted by molar-refractivity contribution is 0.572. The molecular weight excluding hydrogens is 496 g/mol. The molecule has 1 aromatic heterocycles. The van der Waals surface area contributed by atoms with Crippen LogP contribution in [0.15, 0.2) is 58.1 Å². The van der Waals surface area contributed by atoms with E-state index < -0.39 is 0 Å². The number of oxazole rings is 1. The molecule has 0 fully saturated rings. The Bertz CT molecular complexity index is 985. The highest BCUT2D eigenvalue weighted by atomic mass is 127. The van der Waals surface area contributed by atoms with Crippen LogP contribution >= 0.6 is 24.0 Å². The molecule has 3 aromatic rings. The molecule has 0 aliphatic carbocycles. The molecule has 2 aromatic carbocycles. The van der Waals surface area contributed by atoms with E-state index in [1.165, 1.54) is 11.6 Å². The van der Waals surface area contributed by atoms with Crippen LogP contribution in [-0.4, -0.2) is 32.1 Å². The Morgan fingerprint density at radius 1 is 1.10 bits per heavy atom. The van der Waals surface area contributed by atoms with Gasteiger partial charge in [-0.1, -0.05) is 23.8 Å². The van der Waals surface area contributed by atoms with Crippen LogP contribution in [0.25, 0.3) is 11.5 Å². The number of hydrogen-bond acceptors (Lipinski definition) is 4. The second-order valence-electron chi connectivity index (χ2n) is 6.97. The Balaban J connectivity index is 0.00000320. The first kappa shape index (κ1) is 23.7. The number of guanidine groups is 1. The Morgan fingerprint density at radius 2 is 1.80 bits per heavy atom. The molecule has 0 spiro atoms. The van der Waals surface area contributed by atoms with Gasteiger partial charge in [-0.25, -0.2) is 9.37 Å². The van der Waals surface area contributed by atoms with Gasteiger partial charge in [-0.05, 0) is 36.8 Å². The molecule has 160 valence electrons. The number of nitrogens with one attached hydrogen (secondary N) is 2. The summed E-state index contributed by atoms with van der Waals surface area (Å²) < 4.78 is 19.7.